The summed E-state index contributed by atoms with van der Waals surface area (Å²) in [5.74, 6) is -0.185. The molecule has 8 heteroatoms. The zero-order chi connectivity index (χ0) is 19.6. The van der Waals surface area contributed by atoms with Crippen molar-refractivity contribution >= 4 is 11.6 Å². The highest BCUT2D eigenvalue weighted by Gasteiger charge is 2.32. The lowest BCUT2D eigenvalue weighted by atomic mass is 9.84. The zero-order valence-electron chi connectivity index (χ0n) is 16.2. The van der Waals surface area contributed by atoms with Gasteiger partial charge in [0.1, 0.15) is 6.54 Å². The summed E-state index contributed by atoms with van der Waals surface area (Å²) in [6.07, 6.45) is 8.64. The van der Waals surface area contributed by atoms with E-state index in [1.807, 2.05) is 6.07 Å². The molecule has 2 aliphatic rings. The van der Waals surface area contributed by atoms with Crippen LogP contribution in [0.15, 0.2) is 29.2 Å². The Morgan fingerprint density at radius 1 is 1.21 bits per heavy atom. The summed E-state index contributed by atoms with van der Waals surface area (Å²) in [4.78, 5) is 27.0. The van der Waals surface area contributed by atoms with E-state index in [4.69, 9.17) is 0 Å². The van der Waals surface area contributed by atoms with E-state index in [1.54, 1.807) is 18.3 Å². The van der Waals surface area contributed by atoms with Crippen LogP contribution in [0, 0.1) is 0 Å². The highest BCUT2D eigenvalue weighted by atomic mass is 16.3. The van der Waals surface area contributed by atoms with Gasteiger partial charge in [0.25, 0.3) is 0 Å². The lowest BCUT2D eigenvalue weighted by molar-refractivity contribution is -0.123. The first kappa shape index (κ1) is 19.1. The van der Waals surface area contributed by atoms with Crippen LogP contribution in [0.1, 0.15) is 44.9 Å². The van der Waals surface area contributed by atoms with Crippen molar-refractivity contribution in [3.05, 3.63) is 34.9 Å². The number of aromatic nitrogens is 3. The fraction of sp³-hybridized carbons (Fsp3) is 0.650. The number of fused-ring (bicyclic) bond motifs is 1. The molecule has 0 spiro atoms. The number of pyridine rings is 1. The summed E-state index contributed by atoms with van der Waals surface area (Å²) in [5, 5.41) is 18.0. The molecule has 1 aliphatic carbocycles. The van der Waals surface area contributed by atoms with Crippen LogP contribution in [-0.2, 0) is 11.3 Å². The van der Waals surface area contributed by atoms with Crippen LogP contribution in [0.5, 0.6) is 0 Å². The van der Waals surface area contributed by atoms with E-state index in [-0.39, 0.29) is 24.2 Å². The van der Waals surface area contributed by atoms with Gasteiger partial charge in [-0.25, -0.2) is 9.48 Å². The maximum atomic E-state index is 12.4. The van der Waals surface area contributed by atoms with Gasteiger partial charge in [0.05, 0.1) is 5.60 Å². The minimum atomic E-state index is -0.529. The molecule has 0 radical (unpaired) electrons. The van der Waals surface area contributed by atoms with E-state index in [0.29, 0.717) is 5.65 Å². The summed E-state index contributed by atoms with van der Waals surface area (Å²) in [6.45, 7) is 2.42. The van der Waals surface area contributed by atoms with Gasteiger partial charge in [0, 0.05) is 31.9 Å². The van der Waals surface area contributed by atoms with Crippen LogP contribution in [0.4, 0.5) is 0 Å². The second kappa shape index (κ2) is 8.05. The molecule has 8 nitrogen and oxygen atoms in total. The number of piperidine rings is 1. The molecule has 2 fully saturated rings. The fourth-order valence-corrected chi connectivity index (χ4v) is 4.50. The van der Waals surface area contributed by atoms with Crippen LogP contribution >= 0.6 is 0 Å². The number of likely N-dealkylation sites (tertiary alicyclic amines) is 1. The minimum Gasteiger partial charge on any atom is -0.389 e. The summed E-state index contributed by atoms with van der Waals surface area (Å²) in [6, 6.07) is 5.42. The summed E-state index contributed by atoms with van der Waals surface area (Å²) < 4.78 is 2.64. The van der Waals surface area contributed by atoms with Gasteiger partial charge in [-0.3, -0.25) is 9.20 Å². The van der Waals surface area contributed by atoms with Gasteiger partial charge in [-0.05, 0) is 37.8 Å². The lowest BCUT2D eigenvalue weighted by Gasteiger charge is -2.40. The quantitative estimate of drug-likeness (QED) is 0.791. The Kier molecular flexibility index (Phi) is 5.50. The largest absolute Gasteiger partial charge is 0.389 e. The molecule has 0 bridgehead atoms. The molecule has 0 aromatic carbocycles. The molecule has 4 rings (SSSR count). The number of hydrogen-bond donors (Lipinski definition) is 2. The lowest BCUT2D eigenvalue weighted by Crippen LogP contribution is -2.51. The maximum absolute atomic E-state index is 12.4. The Labute approximate surface area is 164 Å². The number of nitrogens with one attached hydrogen (secondary N) is 1. The van der Waals surface area contributed by atoms with Crippen molar-refractivity contribution in [2.45, 2.75) is 63.1 Å². The van der Waals surface area contributed by atoms with Gasteiger partial charge in [-0.15, -0.1) is 5.10 Å². The molecule has 2 N–H and O–H groups in total. The Hall–Kier alpha value is -2.19. The first-order chi connectivity index (χ1) is 13.5. The molecule has 1 saturated heterocycles. The van der Waals surface area contributed by atoms with Crippen molar-refractivity contribution in [1.82, 2.24) is 24.4 Å². The summed E-state index contributed by atoms with van der Waals surface area (Å²) in [5.41, 5.74) is -0.297. The third kappa shape index (κ3) is 4.28. The van der Waals surface area contributed by atoms with Gasteiger partial charge in [0.15, 0.2) is 5.65 Å². The number of aliphatic hydroxyl groups is 1. The van der Waals surface area contributed by atoms with Crippen molar-refractivity contribution in [3.63, 3.8) is 0 Å². The molecule has 1 aliphatic heterocycles. The van der Waals surface area contributed by atoms with Gasteiger partial charge in [-0.1, -0.05) is 25.3 Å². The van der Waals surface area contributed by atoms with Crippen LogP contribution in [-0.4, -0.2) is 61.4 Å². The topological polar surface area (TPSA) is 91.9 Å². The summed E-state index contributed by atoms with van der Waals surface area (Å²) >= 11 is 0. The SMILES string of the molecule is O=C(Cn1nc2ccccn2c1=O)NC1CCN(CC2(O)CCCCC2)CC1. The maximum Gasteiger partial charge on any atom is 0.350 e. The predicted molar refractivity (Wildman–Crippen MR) is 105 cm³/mol. The second-order valence-corrected chi connectivity index (χ2v) is 8.27. The predicted octanol–water partition coefficient (Wildman–Crippen LogP) is 0.772. The van der Waals surface area contributed by atoms with E-state index in [0.717, 1.165) is 58.2 Å². The van der Waals surface area contributed by atoms with Crippen molar-refractivity contribution in [2.24, 2.45) is 0 Å². The van der Waals surface area contributed by atoms with Crippen molar-refractivity contribution in [3.8, 4) is 0 Å². The minimum absolute atomic E-state index is 0.0690. The number of carbonyl (C=O) groups excluding carboxylic acids is 1. The van der Waals surface area contributed by atoms with Gasteiger partial charge in [-0.2, -0.15) is 0 Å². The van der Waals surface area contributed by atoms with Crippen LogP contribution in [0.2, 0.25) is 0 Å². The molecule has 28 heavy (non-hydrogen) atoms. The molecular weight excluding hydrogens is 358 g/mol. The smallest absolute Gasteiger partial charge is 0.350 e. The Balaban J connectivity index is 1.27. The van der Waals surface area contributed by atoms with Crippen LogP contribution in [0.3, 0.4) is 0 Å². The average molecular weight is 387 g/mol. The standard InChI is InChI=1S/C20H29N5O3/c26-18(14-25-19(27)24-11-5-2-6-17(24)22-25)21-16-7-12-23(13-8-16)15-20(28)9-3-1-4-10-20/h2,5-6,11,16,28H,1,3-4,7-10,12-15H2,(H,21,26). The third-order valence-electron chi connectivity index (χ3n) is 6.04. The van der Waals surface area contributed by atoms with E-state index in [9.17, 15) is 14.7 Å². The van der Waals surface area contributed by atoms with Gasteiger partial charge >= 0.3 is 5.69 Å². The van der Waals surface area contributed by atoms with Gasteiger partial charge in [0.2, 0.25) is 5.91 Å². The van der Waals surface area contributed by atoms with Crippen LogP contribution in [0.25, 0.3) is 5.65 Å². The molecule has 2 aromatic heterocycles. The number of amides is 1. The number of hydrogen-bond acceptors (Lipinski definition) is 5. The zero-order valence-corrected chi connectivity index (χ0v) is 16.2. The highest BCUT2D eigenvalue weighted by molar-refractivity contribution is 5.76. The van der Waals surface area contributed by atoms with Crippen molar-refractivity contribution < 1.29 is 9.90 Å². The number of rotatable bonds is 5. The van der Waals surface area contributed by atoms with Gasteiger partial charge < -0.3 is 15.3 Å². The monoisotopic (exact) mass is 387 g/mol. The second-order valence-electron chi connectivity index (χ2n) is 8.27. The Morgan fingerprint density at radius 2 is 1.96 bits per heavy atom. The number of carbonyl (C=O) groups is 1. The van der Waals surface area contributed by atoms with E-state index < -0.39 is 5.60 Å². The molecule has 1 saturated carbocycles. The van der Waals surface area contributed by atoms with Crippen molar-refractivity contribution in [2.75, 3.05) is 19.6 Å². The van der Waals surface area contributed by atoms with Crippen LogP contribution < -0.4 is 11.0 Å². The third-order valence-corrected chi connectivity index (χ3v) is 6.04. The Bertz CT molecular complexity index is 875. The molecule has 152 valence electrons. The number of β-amino-alcohol motifs (C(OH)–C–C–N with tert-alkyl or cyclic N) is 1. The first-order valence-corrected chi connectivity index (χ1v) is 10.3. The molecule has 3 heterocycles. The Morgan fingerprint density at radius 3 is 2.68 bits per heavy atom. The van der Waals surface area contributed by atoms with E-state index in [1.165, 1.54) is 15.5 Å². The van der Waals surface area contributed by atoms with Crippen molar-refractivity contribution in [1.29, 1.82) is 0 Å². The molecule has 0 unspecified atom stereocenters. The average Bonchev–Trinajstić information content (AvgIpc) is 2.99. The number of nitrogens with zero attached hydrogens (tertiary/aromatic N) is 4. The summed E-state index contributed by atoms with van der Waals surface area (Å²) in [7, 11) is 0. The molecular formula is C20H29N5O3. The van der Waals surface area contributed by atoms with E-state index >= 15 is 0 Å². The first-order valence-electron chi connectivity index (χ1n) is 10.3. The van der Waals surface area contributed by atoms with E-state index in [2.05, 4.69) is 15.3 Å². The molecule has 0 atom stereocenters. The molecule has 2 aromatic rings. The normalized spacial score (nSPS) is 21.0. The highest BCUT2D eigenvalue weighted by Crippen LogP contribution is 2.29. The molecule has 1 amide bonds. The fourth-order valence-electron chi connectivity index (χ4n) is 4.50.